The molecule has 0 bridgehead atoms. The second-order valence-corrected chi connectivity index (χ2v) is 4.39. The Morgan fingerprint density at radius 2 is 2.24 bits per heavy atom. The molecule has 17 heavy (non-hydrogen) atoms. The summed E-state index contributed by atoms with van der Waals surface area (Å²) in [6.45, 7) is 2.21. The summed E-state index contributed by atoms with van der Waals surface area (Å²) in [6, 6.07) is 4.43. The van der Waals surface area contributed by atoms with E-state index in [1.165, 1.54) is 12.1 Å². The van der Waals surface area contributed by atoms with Gasteiger partial charge in [0, 0.05) is 24.7 Å². The Morgan fingerprint density at radius 3 is 2.76 bits per heavy atom. The predicted octanol–water partition coefficient (Wildman–Crippen LogP) is 2.46. The molecule has 5 nitrogen and oxygen atoms in total. The smallest absolute Gasteiger partial charge is 0.292 e. The van der Waals surface area contributed by atoms with Crippen LogP contribution in [0.15, 0.2) is 18.2 Å². The van der Waals surface area contributed by atoms with Crippen LogP contribution in [0.1, 0.15) is 13.3 Å². The van der Waals surface area contributed by atoms with E-state index in [0.29, 0.717) is 23.7 Å². The normalized spacial score (nSPS) is 12.2. The number of halogens is 1. The van der Waals surface area contributed by atoms with Crippen molar-refractivity contribution in [2.24, 2.45) is 0 Å². The lowest BCUT2D eigenvalue weighted by Gasteiger charge is -2.20. The molecule has 0 aliphatic carbocycles. The van der Waals surface area contributed by atoms with Crippen molar-refractivity contribution in [3.05, 3.63) is 33.3 Å². The van der Waals surface area contributed by atoms with E-state index in [1.807, 2.05) is 0 Å². The average Bonchev–Trinajstić information content (AvgIpc) is 2.25. The Labute approximate surface area is 105 Å². The van der Waals surface area contributed by atoms with E-state index in [9.17, 15) is 15.2 Å². The van der Waals surface area contributed by atoms with Gasteiger partial charge in [0.15, 0.2) is 0 Å². The first-order valence-corrected chi connectivity index (χ1v) is 5.62. The quantitative estimate of drug-likeness (QED) is 0.651. The van der Waals surface area contributed by atoms with Gasteiger partial charge >= 0.3 is 0 Å². The Kier molecular flexibility index (Phi) is 4.72. The number of nitro benzene ring substituents is 1. The van der Waals surface area contributed by atoms with Crippen molar-refractivity contribution >= 4 is 23.0 Å². The summed E-state index contributed by atoms with van der Waals surface area (Å²) in [5.74, 6) is 0. The second kappa shape index (κ2) is 5.84. The molecule has 1 rings (SSSR count). The minimum atomic E-state index is -0.440. The van der Waals surface area contributed by atoms with Gasteiger partial charge < -0.3 is 10.0 Å². The van der Waals surface area contributed by atoms with E-state index < -0.39 is 11.0 Å². The molecule has 0 saturated heterocycles. The molecule has 1 atom stereocenters. The van der Waals surface area contributed by atoms with Crippen LogP contribution in [0, 0.1) is 10.1 Å². The maximum Gasteiger partial charge on any atom is 0.292 e. The van der Waals surface area contributed by atoms with Gasteiger partial charge in [0.25, 0.3) is 5.69 Å². The van der Waals surface area contributed by atoms with Crippen molar-refractivity contribution < 1.29 is 10.0 Å². The number of aliphatic hydroxyl groups excluding tert-OH is 1. The van der Waals surface area contributed by atoms with Crippen LogP contribution in [0.25, 0.3) is 0 Å². The highest BCUT2D eigenvalue weighted by Crippen LogP contribution is 2.30. The van der Waals surface area contributed by atoms with Crippen LogP contribution in [0.3, 0.4) is 0 Å². The molecule has 1 aromatic carbocycles. The Bertz CT molecular complexity index is 410. The molecular weight excluding hydrogens is 244 g/mol. The van der Waals surface area contributed by atoms with Crippen LogP contribution >= 0.6 is 11.6 Å². The lowest BCUT2D eigenvalue weighted by atomic mass is 10.2. The van der Waals surface area contributed by atoms with Crippen LogP contribution < -0.4 is 4.90 Å². The van der Waals surface area contributed by atoms with Gasteiger partial charge in [-0.3, -0.25) is 10.1 Å². The van der Waals surface area contributed by atoms with Crippen LogP contribution in [0.5, 0.6) is 0 Å². The number of anilines is 1. The lowest BCUT2D eigenvalue weighted by molar-refractivity contribution is -0.384. The highest BCUT2D eigenvalue weighted by atomic mass is 35.5. The first-order chi connectivity index (χ1) is 7.91. The summed E-state index contributed by atoms with van der Waals surface area (Å²) < 4.78 is 0. The summed E-state index contributed by atoms with van der Waals surface area (Å²) in [4.78, 5) is 12.1. The van der Waals surface area contributed by atoms with Crippen LogP contribution in [-0.4, -0.2) is 29.7 Å². The molecule has 0 amide bonds. The van der Waals surface area contributed by atoms with Crippen LogP contribution in [-0.2, 0) is 0 Å². The van der Waals surface area contributed by atoms with Crippen molar-refractivity contribution in [1.29, 1.82) is 0 Å². The third-order valence-electron chi connectivity index (χ3n) is 2.43. The van der Waals surface area contributed by atoms with E-state index in [1.54, 1.807) is 24.9 Å². The zero-order valence-corrected chi connectivity index (χ0v) is 10.5. The highest BCUT2D eigenvalue weighted by molar-refractivity contribution is 6.31. The van der Waals surface area contributed by atoms with Gasteiger partial charge in [-0.05, 0) is 25.5 Å². The third kappa shape index (κ3) is 3.87. The van der Waals surface area contributed by atoms with Gasteiger partial charge in [0.1, 0.15) is 5.69 Å². The molecule has 0 aromatic heterocycles. The number of benzene rings is 1. The molecule has 0 saturated carbocycles. The molecule has 0 radical (unpaired) electrons. The van der Waals surface area contributed by atoms with Crippen molar-refractivity contribution in [2.75, 3.05) is 18.5 Å². The van der Waals surface area contributed by atoms with E-state index >= 15 is 0 Å². The molecular formula is C11H15ClN2O3. The van der Waals surface area contributed by atoms with Gasteiger partial charge in [-0.15, -0.1) is 0 Å². The predicted molar refractivity (Wildman–Crippen MR) is 67.7 cm³/mol. The SMILES string of the molecule is CC(O)CCN(C)c1cc(Cl)ccc1[N+](=O)[O-]. The number of nitrogens with zero attached hydrogens (tertiary/aromatic N) is 2. The molecule has 0 fully saturated rings. The van der Waals surface area contributed by atoms with Gasteiger partial charge in [-0.25, -0.2) is 0 Å². The third-order valence-corrected chi connectivity index (χ3v) is 2.66. The topological polar surface area (TPSA) is 66.6 Å². The Morgan fingerprint density at radius 1 is 1.59 bits per heavy atom. The van der Waals surface area contributed by atoms with Crippen molar-refractivity contribution in [3.8, 4) is 0 Å². The average molecular weight is 259 g/mol. The van der Waals surface area contributed by atoms with Gasteiger partial charge in [-0.1, -0.05) is 11.6 Å². The standard InChI is InChI=1S/C11H15ClN2O3/c1-8(15)5-6-13(2)11-7-9(12)3-4-10(11)14(16)17/h3-4,7-8,15H,5-6H2,1-2H3. The minimum absolute atomic E-state index is 0.0162. The summed E-state index contributed by atoms with van der Waals surface area (Å²) in [7, 11) is 1.74. The van der Waals surface area contributed by atoms with Crippen LogP contribution in [0.4, 0.5) is 11.4 Å². The van der Waals surface area contributed by atoms with E-state index in [4.69, 9.17) is 11.6 Å². The van der Waals surface area contributed by atoms with E-state index in [2.05, 4.69) is 0 Å². The molecule has 0 aliphatic heterocycles. The Balaban J connectivity index is 2.94. The van der Waals surface area contributed by atoms with Gasteiger partial charge in [0.2, 0.25) is 0 Å². The van der Waals surface area contributed by atoms with E-state index in [-0.39, 0.29) is 5.69 Å². The molecule has 0 spiro atoms. The van der Waals surface area contributed by atoms with E-state index in [0.717, 1.165) is 0 Å². The fraction of sp³-hybridized carbons (Fsp3) is 0.455. The summed E-state index contributed by atoms with van der Waals surface area (Å²) in [5.41, 5.74) is 0.477. The number of aliphatic hydroxyl groups is 1. The molecule has 6 heteroatoms. The van der Waals surface area contributed by atoms with Crippen LogP contribution in [0.2, 0.25) is 5.02 Å². The fourth-order valence-electron chi connectivity index (χ4n) is 1.46. The molecule has 0 heterocycles. The summed E-state index contributed by atoms with van der Waals surface area (Å²) >= 11 is 5.83. The summed E-state index contributed by atoms with van der Waals surface area (Å²) in [5, 5.41) is 20.5. The van der Waals surface area contributed by atoms with Gasteiger partial charge in [0.05, 0.1) is 11.0 Å². The summed E-state index contributed by atoms with van der Waals surface area (Å²) in [6.07, 6.45) is 0.107. The van der Waals surface area contributed by atoms with Crippen molar-refractivity contribution in [2.45, 2.75) is 19.4 Å². The number of nitro groups is 1. The molecule has 1 aromatic rings. The highest BCUT2D eigenvalue weighted by Gasteiger charge is 2.17. The maximum absolute atomic E-state index is 10.9. The molecule has 0 aliphatic rings. The fourth-order valence-corrected chi connectivity index (χ4v) is 1.62. The first kappa shape index (κ1) is 13.7. The second-order valence-electron chi connectivity index (χ2n) is 3.95. The first-order valence-electron chi connectivity index (χ1n) is 5.25. The molecule has 94 valence electrons. The monoisotopic (exact) mass is 258 g/mol. The number of hydrogen-bond donors (Lipinski definition) is 1. The largest absolute Gasteiger partial charge is 0.393 e. The zero-order chi connectivity index (χ0) is 13.0. The van der Waals surface area contributed by atoms with Crippen molar-refractivity contribution in [3.63, 3.8) is 0 Å². The molecule has 1 N–H and O–H groups in total. The Hall–Kier alpha value is -1.33. The maximum atomic E-state index is 10.9. The van der Waals surface area contributed by atoms with Gasteiger partial charge in [-0.2, -0.15) is 0 Å². The molecule has 1 unspecified atom stereocenters. The number of rotatable bonds is 5. The number of hydrogen-bond acceptors (Lipinski definition) is 4. The lowest BCUT2D eigenvalue weighted by Crippen LogP contribution is -2.22. The van der Waals surface area contributed by atoms with Crippen molar-refractivity contribution in [1.82, 2.24) is 0 Å². The zero-order valence-electron chi connectivity index (χ0n) is 9.76. The minimum Gasteiger partial charge on any atom is -0.393 e.